The maximum atomic E-state index is 5.21. The average Bonchev–Trinajstić information content (AvgIpc) is 2.76. The van der Waals surface area contributed by atoms with Crippen LogP contribution in [0.1, 0.15) is 48.0 Å². The molecular formula is C16H22N2O. The molecular weight excluding hydrogens is 236 g/mol. The molecule has 1 N–H and O–H groups in total. The zero-order valence-electron chi connectivity index (χ0n) is 12.2. The third-order valence-electron chi connectivity index (χ3n) is 3.57. The minimum atomic E-state index is 0.247. The minimum absolute atomic E-state index is 0.247. The lowest BCUT2D eigenvalue weighted by Gasteiger charge is -2.14. The Hall–Kier alpha value is -1.61. The number of aryl methyl sites for hydroxylation is 3. The lowest BCUT2D eigenvalue weighted by Crippen LogP contribution is -2.19. The molecule has 102 valence electrons. The van der Waals surface area contributed by atoms with Gasteiger partial charge in [-0.3, -0.25) is 0 Å². The Balaban J connectivity index is 1.98. The van der Waals surface area contributed by atoms with Crippen molar-refractivity contribution in [1.29, 1.82) is 0 Å². The first-order valence-electron chi connectivity index (χ1n) is 6.85. The first-order valence-corrected chi connectivity index (χ1v) is 6.85. The average molecular weight is 258 g/mol. The number of benzene rings is 1. The minimum Gasteiger partial charge on any atom is -0.361 e. The van der Waals surface area contributed by atoms with Crippen molar-refractivity contribution in [2.75, 3.05) is 0 Å². The number of rotatable bonds is 5. The molecule has 1 aromatic heterocycles. The first-order chi connectivity index (χ1) is 9.11. The quantitative estimate of drug-likeness (QED) is 0.888. The summed E-state index contributed by atoms with van der Waals surface area (Å²) in [5, 5.41) is 7.52. The highest BCUT2D eigenvalue weighted by atomic mass is 16.5. The second kappa shape index (κ2) is 6.02. The summed E-state index contributed by atoms with van der Waals surface area (Å²) in [6.45, 7) is 9.12. The fourth-order valence-electron chi connectivity index (χ4n) is 2.37. The van der Waals surface area contributed by atoms with Gasteiger partial charge < -0.3 is 9.84 Å². The highest BCUT2D eigenvalue weighted by molar-refractivity contribution is 5.25. The molecule has 2 aromatic rings. The lowest BCUT2D eigenvalue weighted by molar-refractivity contribution is 0.390. The zero-order chi connectivity index (χ0) is 13.8. The summed E-state index contributed by atoms with van der Waals surface area (Å²) in [4.78, 5) is 0. The number of nitrogens with zero attached hydrogens (tertiary/aromatic N) is 1. The highest BCUT2D eigenvalue weighted by Crippen LogP contribution is 2.21. The summed E-state index contributed by atoms with van der Waals surface area (Å²) in [5.41, 5.74) is 4.82. The van der Waals surface area contributed by atoms with Crippen LogP contribution >= 0.6 is 0 Å². The van der Waals surface area contributed by atoms with E-state index in [1.54, 1.807) is 0 Å². The van der Waals surface area contributed by atoms with Crippen LogP contribution in [0.3, 0.4) is 0 Å². The molecule has 0 spiro atoms. The molecule has 2 rings (SSSR count). The smallest absolute Gasteiger partial charge is 0.138 e. The van der Waals surface area contributed by atoms with Gasteiger partial charge in [-0.15, -0.1) is 0 Å². The highest BCUT2D eigenvalue weighted by Gasteiger charge is 2.15. The summed E-state index contributed by atoms with van der Waals surface area (Å²) in [6, 6.07) is 9.00. The van der Waals surface area contributed by atoms with E-state index < -0.39 is 0 Å². The number of hydrogen-bond donors (Lipinski definition) is 1. The normalized spacial score (nSPS) is 12.6. The van der Waals surface area contributed by atoms with Crippen LogP contribution in [0, 0.1) is 13.8 Å². The van der Waals surface area contributed by atoms with Crippen LogP contribution in [0.25, 0.3) is 0 Å². The monoisotopic (exact) mass is 258 g/mol. The summed E-state index contributed by atoms with van der Waals surface area (Å²) < 4.78 is 5.21. The lowest BCUT2D eigenvalue weighted by atomic mass is 10.1. The fraction of sp³-hybridized carbons (Fsp3) is 0.438. The first kappa shape index (κ1) is 13.8. The van der Waals surface area contributed by atoms with Crippen molar-refractivity contribution >= 4 is 0 Å². The summed E-state index contributed by atoms with van der Waals surface area (Å²) >= 11 is 0. The van der Waals surface area contributed by atoms with Gasteiger partial charge in [0.1, 0.15) is 5.76 Å². The Morgan fingerprint density at radius 1 is 1.16 bits per heavy atom. The molecule has 1 unspecified atom stereocenters. The van der Waals surface area contributed by atoms with E-state index >= 15 is 0 Å². The van der Waals surface area contributed by atoms with E-state index in [1.165, 1.54) is 16.7 Å². The van der Waals surface area contributed by atoms with Crippen molar-refractivity contribution in [3.05, 3.63) is 52.4 Å². The van der Waals surface area contributed by atoms with Crippen LogP contribution in [0.15, 0.2) is 28.8 Å². The summed E-state index contributed by atoms with van der Waals surface area (Å²) in [5.74, 6) is 0.902. The second-order valence-corrected chi connectivity index (χ2v) is 5.01. The predicted molar refractivity (Wildman–Crippen MR) is 77.1 cm³/mol. The van der Waals surface area contributed by atoms with Gasteiger partial charge in [-0.2, -0.15) is 0 Å². The van der Waals surface area contributed by atoms with Gasteiger partial charge in [0.15, 0.2) is 0 Å². The summed E-state index contributed by atoms with van der Waals surface area (Å²) in [6.07, 6.45) is 1.09. The Morgan fingerprint density at radius 2 is 1.79 bits per heavy atom. The van der Waals surface area contributed by atoms with Gasteiger partial charge in [-0.25, -0.2) is 0 Å². The standard InChI is InChI=1S/C16H22N2O/c1-5-14-6-8-15(9-7-14)10-17-11(2)16-12(3)18-19-13(16)4/h6-9,11,17H,5,10H2,1-4H3. The van der Waals surface area contributed by atoms with Crippen LogP contribution in [0.2, 0.25) is 0 Å². The van der Waals surface area contributed by atoms with Crippen LogP contribution in [0.4, 0.5) is 0 Å². The number of nitrogens with one attached hydrogen (secondary N) is 1. The second-order valence-electron chi connectivity index (χ2n) is 5.01. The van der Waals surface area contributed by atoms with Gasteiger partial charge in [0.25, 0.3) is 0 Å². The molecule has 0 radical (unpaired) electrons. The van der Waals surface area contributed by atoms with E-state index in [0.29, 0.717) is 0 Å². The number of aromatic nitrogens is 1. The van der Waals surface area contributed by atoms with Crippen LogP contribution in [0.5, 0.6) is 0 Å². The molecule has 0 aliphatic rings. The van der Waals surface area contributed by atoms with Gasteiger partial charge in [-0.1, -0.05) is 36.3 Å². The van der Waals surface area contributed by atoms with Gasteiger partial charge >= 0.3 is 0 Å². The SMILES string of the molecule is CCc1ccc(CNC(C)c2c(C)noc2C)cc1. The van der Waals surface area contributed by atoms with Crippen LogP contribution in [-0.2, 0) is 13.0 Å². The molecule has 1 aromatic carbocycles. The van der Waals surface area contributed by atoms with Crippen molar-refractivity contribution in [2.24, 2.45) is 0 Å². The molecule has 3 heteroatoms. The third kappa shape index (κ3) is 3.24. The van der Waals surface area contributed by atoms with Crippen molar-refractivity contribution in [1.82, 2.24) is 10.5 Å². The van der Waals surface area contributed by atoms with Crippen molar-refractivity contribution in [3.8, 4) is 0 Å². The zero-order valence-corrected chi connectivity index (χ0v) is 12.2. The maximum absolute atomic E-state index is 5.21. The molecule has 3 nitrogen and oxygen atoms in total. The van der Waals surface area contributed by atoms with Gasteiger partial charge in [0, 0.05) is 18.2 Å². The largest absolute Gasteiger partial charge is 0.361 e. The van der Waals surface area contributed by atoms with Crippen molar-refractivity contribution in [2.45, 2.75) is 46.7 Å². The van der Waals surface area contributed by atoms with Gasteiger partial charge in [0.2, 0.25) is 0 Å². The van der Waals surface area contributed by atoms with Crippen molar-refractivity contribution < 1.29 is 4.52 Å². The van der Waals surface area contributed by atoms with Crippen LogP contribution < -0.4 is 5.32 Å². The van der Waals surface area contributed by atoms with E-state index in [2.05, 4.69) is 48.6 Å². The van der Waals surface area contributed by atoms with Gasteiger partial charge in [0.05, 0.1) is 5.69 Å². The van der Waals surface area contributed by atoms with Crippen molar-refractivity contribution in [3.63, 3.8) is 0 Å². The molecule has 19 heavy (non-hydrogen) atoms. The molecule has 0 saturated carbocycles. The maximum Gasteiger partial charge on any atom is 0.138 e. The molecule has 0 amide bonds. The summed E-state index contributed by atoms with van der Waals surface area (Å²) in [7, 11) is 0. The molecule has 0 bridgehead atoms. The molecule has 1 heterocycles. The van der Waals surface area contributed by atoms with E-state index in [4.69, 9.17) is 4.52 Å². The Labute approximate surface area is 115 Å². The molecule has 0 fully saturated rings. The Morgan fingerprint density at radius 3 is 2.32 bits per heavy atom. The Kier molecular flexibility index (Phi) is 4.38. The predicted octanol–water partition coefficient (Wildman–Crippen LogP) is 3.70. The van der Waals surface area contributed by atoms with E-state index in [0.717, 1.165) is 24.4 Å². The third-order valence-corrected chi connectivity index (χ3v) is 3.57. The van der Waals surface area contributed by atoms with Gasteiger partial charge in [-0.05, 0) is 38.3 Å². The molecule has 1 atom stereocenters. The topological polar surface area (TPSA) is 38.1 Å². The van der Waals surface area contributed by atoms with E-state index in [1.807, 2.05) is 13.8 Å². The molecule has 0 aliphatic heterocycles. The molecule has 0 aliphatic carbocycles. The molecule has 0 saturated heterocycles. The van der Waals surface area contributed by atoms with E-state index in [-0.39, 0.29) is 6.04 Å². The Bertz CT molecular complexity index is 509. The van der Waals surface area contributed by atoms with E-state index in [9.17, 15) is 0 Å². The van der Waals surface area contributed by atoms with Crippen LogP contribution in [-0.4, -0.2) is 5.16 Å². The number of hydrogen-bond acceptors (Lipinski definition) is 3. The fourth-order valence-corrected chi connectivity index (χ4v) is 2.37.